The van der Waals surface area contributed by atoms with E-state index in [1.807, 2.05) is 17.9 Å². The van der Waals surface area contributed by atoms with Gasteiger partial charge in [0.05, 0.1) is 31.5 Å². The molecular formula is C22H27N3O5. The average Bonchev–Trinajstić information content (AvgIpc) is 2.72. The van der Waals surface area contributed by atoms with Crippen molar-refractivity contribution in [1.82, 2.24) is 0 Å². The Balaban J connectivity index is 2.15. The van der Waals surface area contributed by atoms with Crippen molar-refractivity contribution in [3.05, 3.63) is 48.0 Å². The van der Waals surface area contributed by atoms with E-state index in [1.54, 1.807) is 43.3 Å². The van der Waals surface area contributed by atoms with Gasteiger partial charge in [0.1, 0.15) is 5.75 Å². The third kappa shape index (κ3) is 6.23. The SMILES string of the molecule is CCOC(=O)c1cccc(N(CC)CC(=O)Nc2cc(NC(C)=O)ccc2OC)c1. The van der Waals surface area contributed by atoms with E-state index in [2.05, 4.69) is 10.6 Å². The summed E-state index contributed by atoms with van der Waals surface area (Å²) in [5.41, 5.74) is 2.16. The number of rotatable bonds is 9. The van der Waals surface area contributed by atoms with Gasteiger partial charge < -0.3 is 25.0 Å². The lowest BCUT2D eigenvalue weighted by atomic mass is 10.2. The molecule has 0 atom stereocenters. The number of benzene rings is 2. The highest BCUT2D eigenvalue weighted by Crippen LogP contribution is 2.28. The first kappa shape index (κ1) is 22.7. The number of amides is 2. The van der Waals surface area contributed by atoms with E-state index >= 15 is 0 Å². The first-order valence-corrected chi connectivity index (χ1v) is 9.65. The maximum atomic E-state index is 12.7. The number of carbonyl (C=O) groups excluding carboxylic acids is 3. The number of nitrogens with zero attached hydrogens (tertiary/aromatic N) is 1. The van der Waals surface area contributed by atoms with Crippen LogP contribution >= 0.6 is 0 Å². The molecule has 0 saturated heterocycles. The van der Waals surface area contributed by atoms with Crippen molar-refractivity contribution in [2.45, 2.75) is 20.8 Å². The normalized spacial score (nSPS) is 10.1. The Morgan fingerprint density at radius 3 is 2.43 bits per heavy atom. The largest absolute Gasteiger partial charge is 0.495 e. The lowest BCUT2D eigenvalue weighted by Crippen LogP contribution is -2.33. The van der Waals surface area contributed by atoms with Crippen LogP contribution in [0.1, 0.15) is 31.1 Å². The van der Waals surface area contributed by atoms with E-state index in [-0.39, 0.29) is 18.4 Å². The Labute approximate surface area is 176 Å². The monoisotopic (exact) mass is 413 g/mol. The van der Waals surface area contributed by atoms with E-state index in [0.717, 1.165) is 5.69 Å². The van der Waals surface area contributed by atoms with Crippen molar-refractivity contribution in [2.75, 3.05) is 42.3 Å². The van der Waals surface area contributed by atoms with Crippen molar-refractivity contribution in [3.63, 3.8) is 0 Å². The zero-order valence-corrected chi connectivity index (χ0v) is 17.7. The number of anilines is 3. The molecule has 0 aromatic heterocycles. The molecular weight excluding hydrogens is 386 g/mol. The number of hydrogen-bond donors (Lipinski definition) is 2. The maximum absolute atomic E-state index is 12.7. The summed E-state index contributed by atoms with van der Waals surface area (Å²) < 4.78 is 10.3. The molecule has 0 aliphatic heterocycles. The molecule has 0 spiro atoms. The summed E-state index contributed by atoms with van der Waals surface area (Å²) >= 11 is 0. The van der Waals surface area contributed by atoms with Gasteiger partial charge >= 0.3 is 5.97 Å². The van der Waals surface area contributed by atoms with Crippen molar-refractivity contribution in [1.29, 1.82) is 0 Å². The first-order chi connectivity index (χ1) is 14.4. The van der Waals surface area contributed by atoms with Crippen molar-refractivity contribution < 1.29 is 23.9 Å². The minimum atomic E-state index is -0.403. The lowest BCUT2D eigenvalue weighted by molar-refractivity contribution is -0.115. The standard InChI is InChI=1S/C22H27N3O5/c1-5-25(18-9-7-8-16(12-18)22(28)30-6-2)14-21(27)24-19-13-17(23-15(3)26)10-11-20(19)29-4/h7-13H,5-6,14H2,1-4H3,(H,23,26)(H,24,27). The van der Waals surface area contributed by atoms with E-state index in [1.165, 1.54) is 14.0 Å². The van der Waals surface area contributed by atoms with Gasteiger partial charge in [-0.2, -0.15) is 0 Å². The molecule has 0 aliphatic rings. The van der Waals surface area contributed by atoms with E-state index < -0.39 is 5.97 Å². The number of nitrogens with one attached hydrogen (secondary N) is 2. The quantitative estimate of drug-likeness (QED) is 0.613. The molecule has 0 bridgehead atoms. The third-order valence-corrected chi connectivity index (χ3v) is 4.23. The predicted molar refractivity (Wildman–Crippen MR) is 116 cm³/mol. The van der Waals surface area contributed by atoms with Gasteiger partial charge in [0.25, 0.3) is 0 Å². The topological polar surface area (TPSA) is 97.0 Å². The Hall–Kier alpha value is -3.55. The van der Waals surface area contributed by atoms with Crippen molar-refractivity contribution in [3.8, 4) is 5.75 Å². The summed E-state index contributed by atoms with van der Waals surface area (Å²) in [6.45, 7) is 6.00. The summed E-state index contributed by atoms with van der Waals surface area (Å²) in [7, 11) is 1.50. The Kier molecular flexibility index (Phi) is 8.22. The molecule has 0 fully saturated rings. The zero-order valence-electron chi connectivity index (χ0n) is 17.7. The molecule has 2 rings (SSSR count). The fourth-order valence-corrected chi connectivity index (χ4v) is 2.88. The molecule has 160 valence electrons. The van der Waals surface area contributed by atoms with Gasteiger partial charge in [-0.15, -0.1) is 0 Å². The molecule has 8 nitrogen and oxygen atoms in total. The summed E-state index contributed by atoms with van der Waals surface area (Å²) in [5, 5.41) is 5.49. The fourth-order valence-electron chi connectivity index (χ4n) is 2.88. The summed E-state index contributed by atoms with van der Waals surface area (Å²) in [6, 6.07) is 12.0. The highest BCUT2D eigenvalue weighted by atomic mass is 16.5. The van der Waals surface area contributed by atoms with Crippen LogP contribution in [0.4, 0.5) is 17.1 Å². The van der Waals surface area contributed by atoms with Crippen LogP contribution in [0, 0.1) is 0 Å². The van der Waals surface area contributed by atoms with Crippen LogP contribution in [-0.2, 0) is 14.3 Å². The highest BCUT2D eigenvalue weighted by Gasteiger charge is 2.15. The molecule has 2 aromatic rings. The van der Waals surface area contributed by atoms with Crippen molar-refractivity contribution in [2.24, 2.45) is 0 Å². The summed E-state index contributed by atoms with van der Waals surface area (Å²) in [6.07, 6.45) is 0. The molecule has 0 heterocycles. The summed E-state index contributed by atoms with van der Waals surface area (Å²) in [5.74, 6) is -0.406. The Bertz CT molecular complexity index is 913. The number of carbonyl (C=O) groups is 3. The van der Waals surface area contributed by atoms with Gasteiger partial charge in [-0.3, -0.25) is 9.59 Å². The van der Waals surface area contributed by atoms with Crippen LogP contribution in [0.2, 0.25) is 0 Å². The predicted octanol–water partition coefficient (Wildman–Crippen LogP) is 3.30. The molecule has 0 radical (unpaired) electrons. The Morgan fingerprint density at radius 1 is 1.03 bits per heavy atom. The second kappa shape index (κ2) is 10.8. The zero-order chi connectivity index (χ0) is 22.1. The molecule has 2 N–H and O–H groups in total. The van der Waals surface area contributed by atoms with Gasteiger partial charge in [0.15, 0.2) is 0 Å². The van der Waals surface area contributed by atoms with Gasteiger partial charge in [-0.25, -0.2) is 4.79 Å². The second-order valence-corrected chi connectivity index (χ2v) is 6.43. The van der Waals surface area contributed by atoms with Crippen LogP contribution in [-0.4, -0.2) is 44.6 Å². The van der Waals surface area contributed by atoms with E-state index in [0.29, 0.717) is 35.8 Å². The molecule has 30 heavy (non-hydrogen) atoms. The van der Waals surface area contributed by atoms with Gasteiger partial charge in [0.2, 0.25) is 11.8 Å². The van der Waals surface area contributed by atoms with Gasteiger partial charge in [0, 0.05) is 24.8 Å². The van der Waals surface area contributed by atoms with Crippen LogP contribution in [0.25, 0.3) is 0 Å². The first-order valence-electron chi connectivity index (χ1n) is 9.65. The second-order valence-electron chi connectivity index (χ2n) is 6.43. The molecule has 2 aromatic carbocycles. The van der Waals surface area contributed by atoms with E-state index in [9.17, 15) is 14.4 Å². The minimum Gasteiger partial charge on any atom is -0.495 e. The molecule has 0 saturated carbocycles. The molecule has 0 unspecified atom stereocenters. The van der Waals surface area contributed by atoms with Crippen LogP contribution < -0.4 is 20.3 Å². The number of hydrogen-bond acceptors (Lipinski definition) is 6. The third-order valence-electron chi connectivity index (χ3n) is 4.23. The Morgan fingerprint density at radius 2 is 1.80 bits per heavy atom. The number of esters is 1. The average molecular weight is 413 g/mol. The number of methoxy groups -OCH3 is 1. The van der Waals surface area contributed by atoms with Gasteiger partial charge in [-0.1, -0.05) is 6.07 Å². The smallest absolute Gasteiger partial charge is 0.338 e. The van der Waals surface area contributed by atoms with Crippen LogP contribution in [0.15, 0.2) is 42.5 Å². The fraction of sp³-hybridized carbons (Fsp3) is 0.318. The minimum absolute atomic E-state index is 0.0658. The van der Waals surface area contributed by atoms with Crippen LogP contribution in [0.5, 0.6) is 5.75 Å². The molecule has 2 amide bonds. The summed E-state index contributed by atoms with van der Waals surface area (Å²) in [4.78, 5) is 37.8. The molecule has 8 heteroatoms. The highest BCUT2D eigenvalue weighted by molar-refractivity contribution is 5.97. The lowest BCUT2D eigenvalue weighted by Gasteiger charge is -2.23. The number of ether oxygens (including phenoxy) is 2. The van der Waals surface area contributed by atoms with Crippen molar-refractivity contribution >= 4 is 34.8 Å². The molecule has 0 aliphatic carbocycles. The van der Waals surface area contributed by atoms with E-state index in [4.69, 9.17) is 9.47 Å². The van der Waals surface area contributed by atoms with Crippen LogP contribution in [0.3, 0.4) is 0 Å². The number of likely N-dealkylation sites (N-methyl/N-ethyl adjacent to an activating group) is 1. The maximum Gasteiger partial charge on any atom is 0.338 e. The van der Waals surface area contributed by atoms with Gasteiger partial charge in [-0.05, 0) is 50.2 Å².